The number of hydrogen-bond donors (Lipinski definition) is 1. The Morgan fingerprint density at radius 3 is 3.17 bits per heavy atom. The van der Waals surface area contributed by atoms with Crippen LogP contribution in [0.25, 0.3) is 0 Å². The van der Waals surface area contributed by atoms with Gasteiger partial charge in [0.15, 0.2) is 0 Å². The molecule has 0 radical (unpaired) electrons. The molecule has 0 bridgehead atoms. The van der Waals surface area contributed by atoms with Crippen LogP contribution >= 0.6 is 0 Å². The number of nitrogens with one attached hydrogen (secondary N) is 1. The van der Waals surface area contributed by atoms with E-state index in [1.165, 1.54) is 36.1 Å². The lowest BCUT2D eigenvalue weighted by Crippen LogP contribution is -2.06. The van der Waals surface area contributed by atoms with Crippen molar-refractivity contribution in [2.24, 2.45) is 0 Å². The Balaban J connectivity index is 2.38. The molecule has 0 aromatic rings. The lowest BCUT2D eigenvalue weighted by Gasteiger charge is -2.08. The largest absolute Gasteiger partial charge is 0.385 e. The van der Waals surface area contributed by atoms with Crippen LogP contribution in [0.5, 0.6) is 0 Å². The minimum Gasteiger partial charge on any atom is -0.385 e. The van der Waals surface area contributed by atoms with Gasteiger partial charge in [-0.15, -0.1) is 0 Å². The van der Waals surface area contributed by atoms with Crippen molar-refractivity contribution < 1.29 is 0 Å². The molecule has 1 fully saturated rings. The van der Waals surface area contributed by atoms with Gasteiger partial charge in [0.25, 0.3) is 0 Å². The molecule has 64 valence electrons. The average molecular weight is 161 g/mol. The van der Waals surface area contributed by atoms with Crippen molar-refractivity contribution in [2.45, 2.75) is 26.2 Å². The molecule has 1 nitrogen and oxygen atoms in total. The van der Waals surface area contributed by atoms with Crippen molar-refractivity contribution >= 4 is 0 Å². The minimum absolute atomic E-state index is 1.12. The predicted molar refractivity (Wildman–Crippen MR) is 51.8 cm³/mol. The van der Waals surface area contributed by atoms with Crippen molar-refractivity contribution in [3.63, 3.8) is 0 Å². The molecule has 1 aliphatic carbocycles. The summed E-state index contributed by atoms with van der Waals surface area (Å²) in [7, 11) is 0. The zero-order valence-corrected chi connectivity index (χ0v) is 7.56. The van der Waals surface area contributed by atoms with E-state index in [1.807, 2.05) is 0 Å². The van der Waals surface area contributed by atoms with Gasteiger partial charge >= 0.3 is 0 Å². The monoisotopic (exact) mass is 161 g/mol. The summed E-state index contributed by atoms with van der Waals surface area (Å²) in [4.78, 5) is 0. The lowest BCUT2D eigenvalue weighted by atomic mass is 10.0. The zero-order chi connectivity index (χ0) is 8.39. The molecule has 0 aromatic carbocycles. The third kappa shape index (κ3) is 1.31. The Hall–Kier alpha value is -0.980. The van der Waals surface area contributed by atoms with E-state index in [1.54, 1.807) is 0 Å². The summed E-state index contributed by atoms with van der Waals surface area (Å²) in [5.74, 6) is 0. The molecule has 0 amide bonds. The van der Waals surface area contributed by atoms with E-state index in [4.69, 9.17) is 0 Å². The number of allylic oxidation sites excluding steroid dienone is 5. The maximum absolute atomic E-state index is 3.45. The summed E-state index contributed by atoms with van der Waals surface area (Å²) in [6.07, 6.45) is 10.3. The van der Waals surface area contributed by atoms with Gasteiger partial charge in [-0.05, 0) is 37.3 Å². The molecular weight excluding hydrogens is 146 g/mol. The molecule has 1 saturated heterocycles. The van der Waals surface area contributed by atoms with Crippen LogP contribution < -0.4 is 5.32 Å². The van der Waals surface area contributed by atoms with Gasteiger partial charge in [-0.3, -0.25) is 0 Å². The van der Waals surface area contributed by atoms with Gasteiger partial charge in [0.1, 0.15) is 0 Å². The van der Waals surface area contributed by atoms with Crippen LogP contribution in [0.1, 0.15) is 26.2 Å². The van der Waals surface area contributed by atoms with Gasteiger partial charge in [-0.1, -0.05) is 18.2 Å². The van der Waals surface area contributed by atoms with Gasteiger partial charge in [-0.2, -0.15) is 0 Å². The van der Waals surface area contributed by atoms with Gasteiger partial charge in [0.05, 0.1) is 0 Å². The summed E-state index contributed by atoms with van der Waals surface area (Å²) in [5, 5.41) is 3.45. The summed E-state index contributed by atoms with van der Waals surface area (Å²) >= 11 is 0. The second kappa shape index (κ2) is 3.18. The maximum atomic E-state index is 3.45. The van der Waals surface area contributed by atoms with Gasteiger partial charge in [0.2, 0.25) is 0 Å². The van der Waals surface area contributed by atoms with Crippen LogP contribution in [-0.4, -0.2) is 6.54 Å². The maximum Gasteiger partial charge on any atom is 0.0362 e. The molecule has 0 spiro atoms. The van der Waals surface area contributed by atoms with E-state index in [0.29, 0.717) is 0 Å². The summed E-state index contributed by atoms with van der Waals surface area (Å²) < 4.78 is 0. The summed E-state index contributed by atoms with van der Waals surface area (Å²) in [5.41, 5.74) is 4.42. The Labute approximate surface area is 73.9 Å². The van der Waals surface area contributed by atoms with Gasteiger partial charge in [-0.25, -0.2) is 0 Å². The third-order valence-corrected chi connectivity index (χ3v) is 2.56. The van der Waals surface area contributed by atoms with E-state index in [0.717, 1.165) is 6.54 Å². The fourth-order valence-electron chi connectivity index (χ4n) is 1.86. The van der Waals surface area contributed by atoms with Crippen LogP contribution in [0, 0.1) is 0 Å². The average Bonchev–Trinajstić information content (AvgIpc) is 2.47. The highest BCUT2D eigenvalue weighted by molar-refractivity contribution is 5.40. The highest BCUT2D eigenvalue weighted by Crippen LogP contribution is 2.25. The van der Waals surface area contributed by atoms with Crippen LogP contribution in [0.3, 0.4) is 0 Å². The molecule has 0 aromatic heterocycles. The highest BCUT2D eigenvalue weighted by atomic mass is 14.9. The molecule has 2 rings (SSSR count). The molecule has 2 aliphatic rings. The molecule has 1 heterocycles. The topological polar surface area (TPSA) is 12.0 Å². The summed E-state index contributed by atoms with van der Waals surface area (Å²) in [6.45, 7) is 3.35. The Bertz CT molecular complexity index is 269. The Morgan fingerprint density at radius 1 is 1.33 bits per heavy atom. The van der Waals surface area contributed by atoms with Crippen molar-refractivity contribution in [1.82, 2.24) is 5.32 Å². The van der Waals surface area contributed by atoms with E-state index in [9.17, 15) is 0 Å². The number of hydrogen-bond acceptors (Lipinski definition) is 1. The van der Waals surface area contributed by atoms with Crippen molar-refractivity contribution in [1.29, 1.82) is 0 Å². The standard InChI is InChI=1S/C11H15N/c1-9-5-3-2-4-6-10-7-8-12-11(9)10/h2,4,6,12H,3,5,7-8H2,1H3/b4-2-,10-6-,11-9-. The molecule has 0 unspecified atom stereocenters. The first-order chi connectivity index (χ1) is 5.88. The minimum atomic E-state index is 1.12. The van der Waals surface area contributed by atoms with Crippen molar-refractivity contribution in [2.75, 3.05) is 6.54 Å². The SMILES string of the molecule is C/C1=C2/NCC/C2=C/C=C\CC1. The van der Waals surface area contributed by atoms with Gasteiger partial charge in [0, 0.05) is 12.2 Å². The molecule has 1 N–H and O–H groups in total. The molecular formula is C11H15N. The van der Waals surface area contributed by atoms with Crippen LogP contribution in [0.15, 0.2) is 35.1 Å². The van der Waals surface area contributed by atoms with E-state index >= 15 is 0 Å². The van der Waals surface area contributed by atoms with E-state index in [2.05, 4.69) is 30.5 Å². The van der Waals surface area contributed by atoms with Crippen LogP contribution in [-0.2, 0) is 0 Å². The molecule has 0 atom stereocenters. The molecule has 0 saturated carbocycles. The van der Waals surface area contributed by atoms with E-state index in [-0.39, 0.29) is 0 Å². The normalized spacial score (nSPS) is 35.6. The quantitative estimate of drug-likeness (QED) is 0.575. The van der Waals surface area contributed by atoms with Crippen LogP contribution in [0.2, 0.25) is 0 Å². The molecule has 1 aliphatic heterocycles. The smallest absolute Gasteiger partial charge is 0.0362 e. The second-order valence-electron chi connectivity index (χ2n) is 3.49. The van der Waals surface area contributed by atoms with Crippen molar-refractivity contribution in [3.8, 4) is 0 Å². The number of rotatable bonds is 0. The van der Waals surface area contributed by atoms with Crippen LogP contribution in [0.4, 0.5) is 0 Å². The highest BCUT2D eigenvalue weighted by Gasteiger charge is 2.14. The Morgan fingerprint density at radius 2 is 2.25 bits per heavy atom. The lowest BCUT2D eigenvalue weighted by molar-refractivity contribution is 0.877. The Kier molecular flexibility index (Phi) is 2.03. The number of fused-ring (bicyclic) bond motifs is 1. The molecule has 1 heteroatoms. The predicted octanol–water partition coefficient (Wildman–Crippen LogP) is 2.53. The van der Waals surface area contributed by atoms with Gasteiger partial charge < -0.3 is 5.32 Å². The second-order valence-corrected chi connectivity index (χ2v) is 3.49. The third-order valence-electron chi connectivity index (χ3n) is 2.56. The van der Waals surface area contributed by atoms with E-state index < -0.39 is 0 Å². The summed E-state index contributed by atoms with van der Waals surface area (Å²) in [6, 6.07) is 0. The first kappa shape index (κ1) is 7.66. The molecule has 12 heavy (non-hydrogen) atoms. The zero-order valence-electron chi connectivity index (χ0n) is 7.56. The van der Waals surface area contributed by atoms with Crippen molar-refractivity contribution in [3.05, 3.63) is 35.1 Å². The fourth-order valence-corrected chi connectivity index (χ4v) is 1.86. The fraction of sp³-hybridized carbons (Fsp3) is 0.455. The first-order valence-corrected chi connectivity index (χ1v) is 4.67. The first-order valence-electron chi connectivity index (χ1n) is 4.67.